The monoisotopic (exact) mass is 436 g/mol. The summed E-state index contributed by atoms with van der Waals surface area (Å²) < 4.78 is 9.21. The van der Waals surface area contributed by atoms with Gasteiger partial charge in [0.2, 0.25) is 0 Å². The van der Waals surface area contributed by atoms with Crippen LogP contribution >= 0.6 is 27.3 Å². The molecule has 0 N–H and O–H groups in total. The predicted molar refractivity (Wildman–Crippen MR) is 112 cm³/mol. The van der Waals surface area contributed by atoms with E-state index in [9.17, 15) is 4.79 Å². The number of furan rings is 1. The molecule has 0 atom stereocenters. The number of thiazole rings is 1. The summed E-state index contributed by atoms with van der Waals surface area (Å²) in [6.07, 6.45) is 1.78. The van der Waals surface area contributed by atoms with Crippen LogP contribution in [-0.4, -0.2) is 9.38 Å². The normalized spacial score (nSPS) is 12.4. The molecule has 3 heterocycles. The zero-order chi connectivity index (χ0) is 18.5. The number of imidazole rings is 1. The highest BCUT2D eigenvalue weighted by molar-refractivity contribution is 9.10. The van der Waals surface area contributed by atoms with Crippen LogP contribution in [0.3, 0.4) is 0 Å². The molecule has 4 nitrogen and oxygen atoms in total. The lowest BCUT2D eigenvalue weighted by Crippen LogP contribution is -2.22. The third kappa shape index (κ3) is 2.72. The molecule has 0 bridgehead atoms. The SMILES string of the molecule is Cc1ccc(-c2ccc(/C=c3\sc4nc5ccccc5n4c3=O)o2)c(Br)c1. The smallest absolute Gasteiger partial charge is 0.275 e. The molecule has 3 aromatic heterocycles. The average molecular weight is 437 g/mol. The van der Waals surface area contributed by atoms with Crippen molar-refractivity contribution in [3.63, 3.8) is 0 Å². The number of hydrogen-bond acceptors (Lipinski definition) is 4. The molecule has 0 radical (unpaired) electrons. The topological polar surface area (TPSA) is 47.5 Å². The number of benzene rings is 2. The van der Waals surface area contributed by atoms with Gasteiger partial charge in [-0.2, -0.15) is 0 Å². The predicted octanol–water partition coefficient (Wildman–Crippen LogP) is 4.79. The number of rotatable bonds is 2. The van der Waals surface area contributed by atoms with E-state index in [1.54, 1.807) is 10.5 Å². The van der Waals surface area contributed by atoms with E-state index in [2.05, 4.69) is 27.0 Å². The van der Waals surface area contributed by atoms with Crippen molar-refractivity contribution in [2.24, 2.45) is 0 Å². The van der Waals surface area contributed by atoms with E-state index in [-0.39, 0.29) is 5.56 Å². The Kier molecular flexibility index (Phi) is 3.77. The van der Waals surface area contributed by atoms with E-state index in [1.807, 2.05) is 55.5 Å². The van der Waals surface area contributed by atoms with Gasteiger partial charge in [-0.25, -0.2) is 9.38 Å². The molecule has 0 saturated carbocycles. The van der Waals surface area contributed by atoms with Gasteiger partial charge in [0.1, 0.15) is 16.1 Å². The summed E-state index contributed by atoms with van der Waals surface area (Å²) in [6, 6.07) is 17.6. The second kappa shape index (κ2) is 6.18. The van der Waals surface area contributed by atoms with Crippen LogP contribution in [0.4, 0.5) is 0 Å². The first kappa shape index (κ1) is 16.5. The van der Waals surface area contributed by atoms with Crippen LogP contribution < -0.4 is 10.1 Å². The minimum atomic E-state index is -0.0711. The summed E-state index contributed by atoms with van der Waals surface area (Å²) in [7, 11) is 0. The Morgan fingerprint density at radius 2 is 2.00 bits per heavy atom. The summed E-state index contributed by atoms with van der Waals surface area (Å²) in [5.74, 6) is 1.40. The molecular formula is C21H13BrN2O2S. The van der Waals surface area contributed by atoms with E-state index in [0.717, 1.165) is 26.8 Å². The highest BCUT2D eigenvalue weighted by atomic mass is 79.9. The number of aromatic nitrogens is 2. The quantitative estimate of drug-likeness (QED) is 0.399. The van der Waals surface area contributed by atoms with Gasteiger partial charge in [-0.05, 0) is 48.9 Å². The molecule has 6 heteroatoms. The molecule has 0 amide bonds. The van der Waals surface area contributed by atoms with Gasteiger partial charge >= 0.3 is 0 Å². The fourth-order valence-corrected chi connectivity index (χ4v) is 4.79. The van der Waals surface area contributed by atoms with Crippen LogP contribution in [0, 0.1) is 6.92 Å². The number of hydrogen-bond donors (Lipinski definition) is 0. The van der Waals surface area contributed by atoms with E-state index in [1.165, 1.54) is 16.9 Å². The summed E-state index contributed by atoms with van der Waals surface area (Å²) in [5.41, 5.74) is 3.75. The van der Waals surface area contributed by atoms with E-state index < -0.39 is 0 Å². The molecule has 5 rings (SSSR count). The van der Waals surface area contributed by atoms with Crippen molar-refractivity contribution in [3.8, 4) is 11.3 Å². The van der Waals surface area contributed by atoms with Gasteiger partial charge in [-0.15, -0.1) is 0 Å². The maximum atomic E-state index is 12.8. The highest BCUT2D eigenvalue weighted by Crippen LogP contribution is 2.30. The van der Waals surface area contributed by atoms with Gasteiger partial charge in [0.05, 0.1) is 11.0 Å². The van der Waals surface area contributed by atoms with Crippen molar-refractivity contribution in [2.45, 2.75) is 6.92 Å². The first-order valence-corrected chi connectivity index (χ1v) is 9.99. The zero-order valence-electron chi connectivity index (χ0n) is 14.3. The summed E-state index contributed by atoms with van der Waals surface area (Å²) in [4.78, 5) is 18.1. The van der Waals surface area contributed by atoms with E-state index >= 15 is 0 Å². The summed E-state index contributed by atoms with van der Waals surface area (Å²) >= 11 is 4.95. The number of halogens is 1. The molecule has 0 saturated heterocycles. The van der Waals surface area contributed by atoms with Gasteiger partial charge in [-0.3, -0.25) is 4.79 Å². The third-order valence-corrected chi connectivity index (χ3v) is 6.06. The van der Waals surface area contributed by atoms with Crippen LogP contribution in [-0.2, 0) is 0 Å². The van der Waals surface area contributed by atoms with E-state index in [4.69, 9.17) is 4.42 Å². The first-order valence-electron chi connectivity index (χ1n) is 8.38. The number of para-hydroxylation sites is 2. The standard InChI is InChI=1S/C21H13BrN2O2S/c1-12-6-8-14(15(22)10-12)18-9-7-13(26-18)11-19-20(25)24-17-5-3-2-4-16(17)23-21(24)27-19/h2-11H,1H3/b19-11-. The summed E-state index contributed by atoms with van der Waals surface area (Å²) in [5, 5.41) is 0. The van der Waals surface area contributed by atoms with Gasteiger partial charge in [-0.1, -0.05) is 45.5 Å². The van der Waals surface area contributed by atoms with Gasteiger partial charge in [0.15, 0.2) is 4.96 Å². The van der Waals surface area contributed by atoms with Crippen molar-refractivity contribution in [3.05, 3.63) is 85.3 Å². The van der Waals surface area contributed by atoms with Crippen molar-refractivity contribution >= 4 is 49.3 Å². The van der Waals surface area contributed by atoms with Crippen molar-refractivity contribution in [1.82, 2.24) is 9.38 Å². The molecular weight excluding hydrogens is 424 g/mol. The van der Waals surface area contributed by atoms with Crippen LogP contribution in [0.15, 0.2) is 68.3 Å². The maximum absolute atomic E-state index is 12.8. The maximum Gasteiger partial charge on any atom is 0.275 e. The van der Waals surface area contributed by atoms with Crippen LogP contribution in [0.25, 0.3) is 33.4 Å². The lowest BCUT2D eigenvalue weighted by Gasteiger charge is -2.01. The molecule has 0 unspecified atom stereocenters. The van der Waals surface area contributed by atoms with Crippen molar-refractivity contribution in [2.75, 3.05) is 0 Å². The van der Waals surface area contributed by atoms with Crippen LogP contribution in [0.2, 0.25) is 0 Å². The Balaban J connectivity index is 1.62. The molecule has 132 valence electrons. The fourth-order valence-electron chi connectivity index (χ4n) is 3.14. The molecule has 5 aromatic rings. The molecule has 2 aromatic carbocycles. The second-order valence-corrected chi connectivity index (χ2v) is 8.18. The number of fused-ring (bicyclic) bond motifs is 3. The lowest BCUT2D eigenvalue weighted by molar-refractivity contribution is 0.571. The van der Waals surface area contributed by atoms with E-state index in [0.29, 0.717) is 15.3 Å². The largest absolute Gasteiger partial charge is 0.457 e. The second-order valence-electron chi connectivity index (χ2n) is 6.32. The molecule has 27 heavy (non-hydrogen) atoms. The Bertz CT molecular complexity index is 1430. The average Bonchev–Trinajstić information content (AvgIpc) is 3.31. The molecule has 0 fully saturated rings. The Morgan fingerprint density at radius 3 is 2.85 bits per heavy atom. The van der Waals surface area contributed by atoms with Gasteiger partial charge in [0.25, 0.3) is 5.56 Å². The van der Waals surface area contributed by atoms with Crippen LogP contribution in [0.5, 0.6) is 0 Å². The molecule has 0 aliphatic carbocycles. The highest BCUT2D eigenvalue weighted by Gasteiger charge is 2.12. The van der Waals surface area contributed by atoms with Crippen LogP contribution in [0.1, 0.15) is 11.3 Å². The summed E-state index contributed by atoms with van der Waals surface area (Å²) in [6.45, 7) is 2.04. The molecule has 0 spiro atoms. The lowest BCUT2D eigenvalue weighted by atomic mass is 10.1. The molecule has 0 aliphatic heterocycles. The minimum absolute atomic E-state index is 0.0711. The molecule has 0 aliphatic rings. The minimum Gasteiger partial charge on any atom is -0.457 e. The van der Waals surface area contributed by atoms with Crippen molar-refractivity contribution < 1.29 is 4.42 Å². The Morgan fingerprint density at radius 1 is 1.15 bits per heavy atom. The van der Waals surface area contributed by atoms with Gasteiger partial charge in [0, 0.05) is 16.1 Å². The third-order valence-electron chi connectivity index (χ3n) is 4.44. The number of aryl methyl sites for hydroxylation is 1. The zero-order valence-corrected chi connectivity index (χ0v) is 16.7. The fraction of sp³-hybridized carbons (Fsp3) is 0.0476. The van der Waals surface area contributed by atoms with Gasteiger partial charge < -0.3 is 4.42 Å². The Labute approximate surface area is 166 Å². The van der Waals surface area contributed by atoms with Crippen molar-refractivity contribution in [1.29, 1.82) is 0 Å². The number of nitrogens with zero attached hydrogens (tertiary/aromatic N) is 2. The Hall–Kier alpha value is -2.70. The first-order chi connectivity index (χ1) is 13.1.